The van der Waals surface area contributed by atoms with Crippen LogP contribution in [0, 0.1) is 6.92 Å². The molecule has 3 heterocycles. The molecule has 0 saturated heterocycles. The predicted molar refractivity (Wildman–Crippen MR) is 154 cm³/mol. The molecular formula is C32H26N2O7. The molecule has 1 atom stereocenters. The molecule has 0 spiro atoms. The lowest BCUT2D eigenvalue weighted by atomic mass is 9.98. The first-order valence-electron chi connectivity index (χ1n) is 13.1. The van der Waals surface area contributed by atoms with E-state index in [0.717, 1.165) is 27.4 Å². The standard InChI is InChI=1S/C32H26N2O7/c1-17-21(8-10-30(36)34-27(31(37)38)11-19-15-33-26-9-7-20(35)12-23(19)26)32(39)41-29-14-28-24(13-22(17)29)25(16-40-28)18-5-3-2-4-6-18/h2-7,9,12-16,27,33,35H,8,10-11H2,1H3,(H,34,36)(H,37,38)/t27-/m0/s1. The number of benzene rings is 3. The maximum atomic E-state index is 12.9. The minimum atomic E-state index is -1.19. The van der Waals surface area contributed by atoms with E-state index in [2.05, 4.69) is 10.3 Å². The van der Waals surface area contributed by atoms with E-state index in [0.29, 0.717) is 33.2 Å². The van der Waals surface area contributed by atoms with Crippen molar-refractivity contribution in [3.63, 3.8) is 0 Å². The summed E-state index contributed by atoms with van der Waals surface area (Å²) in [4.78, 5) is 40.7. The maximum absolute atomic E-state index is 12.9. The van der Waals surface area contributed by atoms with E-state index >= 15 is 0 Å². The van der Waals surface area contributed by atoms with E-state index in [1.165, 1.54) is 6.07 Å². The summed E-state index contributed by atoms with van der Waals surface area (Å²) < 4.78 is 11.4. The van der Waals surface area contributed by atoms with Crippen molar-refractivity contribution in [2.45, 2.75) is 32.2 Å². The number of aromatic nitrogens is 1. The van der Waals surface area contributed by atoms with Crippen molar-refractivity contribution in [1.29, 1.82) is 0 Å². The Kier molecular flexibility index (Phi) is 6.55. The third kappa shape index (κ3) is 4.93. The average Bonchev–Trinajstić information content (AvgIpc) is 3.55. The number of amides is 1. The van der Waals surface area contributed by atoms with Gasteiger partial charge in [-0.2, -0.15) is 0 Å². The molecule has 0 aliphatic carbocycles. The highest BCUT2D eigenvalue weighted by Gasteiger charge is 2.23. The lowest BCUT2D eigenvalue weighted by Gasteiger charge is -2.15. The summed E-state index contributed by atoms with van der Waals surface area (Å²) in [6.45, 7) is 1.81. The number of carboxylic acid groups (broad SMARTS) is 1. The summed E-state index contributed by atoms with van der Waals surface area (Å²) in [6.07, 6.45) is 3.34. The van der Waals surface area contributed by atoms with Crippen LogP contribution in [0.25, 0.3) is 44.0 Å². The number of aliphatic carboxylic acids is 1. The second-order valence-electron chi connectivity index (χ2n) is 10.1. The zero-order valence-electron chi connectivity index (χ0n) is 22.1. The van der Waals surface area contributed by atoms with Gasteiger partial charge in [-0.25, -0.2) is 9.59 Å². The molecule has 1 amide bonds. The van der Waals surface area contributed by atoms with Crippen molar-refractivity contribution >= 4 is 44.7 Å². The molecule has 9 heteroatoms. The first-order chi connectivity index (χ1) is 19.8. The number of hydrogen-bond donors (Lipinski definition) is 4. The molecule has 6 rings (SSSR count). The van der Waals surface area contributed by atoms with E-state index < -0.39 is 23.5 Å². The molecule has 0 fully saturated rings. The molecule has 0 aliphatic rings. The highest BCUT2D eigenvalue weighted by molar-refractivity contribution is 6.02. The Morgan fingerprint density at radius 3 is 2.59 bits per heavy atom. The normalized spacial score (nSPS) is 12.2. The molecule has 0 unspecified atom stereocenters. The summed E-state index contributed by atoms with van der Waals surface area (Å²) in [5, 5.41) is 24.4. The van der Waals surface area contributed by atoms with Crippen LogP contribution < -0.4 is 10.9 Å². The van der Waals surface area contributed by atoms with Crippen LogP contribution in [0.2, 0.25) is 0 Å². The van der Waals surface area contributed by atoms with Crippen molar-refractivity contribution in [3.8, 4) is 16.9 Å². The van der Waals surface area contributed by atoms with Crippen LogP contribution in [0.4, 0.5) is 0 Å². The first kappa shape index (κ1) is 25.9. The van der Waals surface area contributed by atoms with Gasteiger partial charge in [0, 0.05) is 57.9 Å². The number of H-pyrrole nitrogens is 1. The summed E-state index contributed by atoms with van der Waals surface area (Å²) in [5.74, 6) is -1.63. The second-order valence-corrected chi connectivity index (χ2v) is 10.1. The zero-order chi connectivity index (χ0) is 28.7. The molecule has 6 aromatic rings. The van der Waals surface area contributed by atoms with Crippen molar-refractivity contribution in [2.75, 3.05) is 0 Å². The summed E-state index contributed by atoms with van der Waals surface area (Å²) in [7, 11) is 0. The topological polar surface area (TPSA) is 146 Å². The van der Waals surface area contributed by atoms with Crippen LogP contribution in [0.1, 0.15) is 23.1 Å². The van der Waals surface area contributed by atoms with E-state index in [4.69, 9.17) is 8.83 Å². The Labute approximate surface area is 233 Å². The lowest BCUT2D eigenvalue weighted by molar-refractivity contribution is -0.141. The van der Waals surface area contributed by atoms with E-state index in [9.17, 15) is 24.6 Å². The van der Waals surface area contributed by atoms with Gasteiger partial charge in [-0.05, 0) is 54.3 Å². The monoisotopic (exact) mass is 550 g/mol. The van der Waals surface area contributed by atoms with Crippen molar-refractivity contribution in [1.82, 2.24) is 10.3 Å². The first-order valence-corrected chi connectivity index (χ1v) is 13.1. The molecule has 9 nitrogen and oxygen atoms in total. The van der Waals surface area contributed by atoms with Gasteiger partial charge in [0.2, 0.25) is 5.91 Å². The largest absolute Gasteiger partial charge is 0.508 e. The van der Waals surface area contributed by atoms with Gasteiger partial charge in [-0.15, -0.1) is 0 Å². The molecule has 3 aromatic heterocycles. The number of furan rings is 1. The molecule has 0 radical (unpaired) electrons. The zero-order valence-corrected chi connectivity index (χ0v) is 22.1. The van der Waals surface area contributed by atoms with Crippen LogP contribution in [-0.4, -0.2) is 33.1 Å². The number of phenols is 1. The summed E-state index contributed by atoms with van der Waals surface area (Å²) in [5.41, 5.74) is 4.79. The van der Waals surface area contributed by atoms with Crippen molar-refractivity contribution in [2.24, 2.45) is 0 Å². The SMILES string of the molecule is Cc1c(CCC(=O)N[C@@H](Cc2c[nH]c3ccc(O)cc23)C(=O)O)c(=O)oc2cc3occ(-c4ccccc4)c3cc12. The maximum Gasteiger partial charge on any atom is 0.339 e. The van der Waals surface area contributed by atoms with E-state index in [1.807, 2.05) is 43.3 Å². The number of carbonyl (C=O) groups excluding carboxylic acids is 1. The van der Waals surface area contributed by atoms with E-state index in [1.54, 1.807) is 30.7 Å². The molecular weight excluding hydrogens is 524 g/mol. The third-order valence-corrected chi connectivity index (χ3v) is 7.48. The Hall–Kier alpha value is -5.31. The van der Waals surface area contributed by atoms with Gasteiger partial charge in [-0.1, -0.05) is 30.3 Å². The number of phenolic OH excluding ortho intramolecular Hbond substituents is 1. The number of aromatic amines is 1. The number of rotatable bonds is 8. The highest BCUT2D eigenvalue weighted by Crippen LogP contribution is 2.34. The summed E-state index contributed by atoms with van der Waals surface area (Å²) in [6, 6.07) is 17.0. The number of nitrogens with one attached hydrogen (secondary N) is 2. The highest BCUT2D eigenvalue weighted by atomic mass is 16.4. The number of aromatic hydroxyl groups is 1. The molecule has 3 aromatic carbocycles. The van der Waals surface area contributed by atoms with Gasteiger partial charge in [0.15, 0.2) is 0 Å². The fourth-order valence-electron chi connectivity index (χ4n) is 5.30. The van der Waals surface area contributed by atoms with Gasteiger partial charge in [0.1, 0.15) is 23.0 Å². The number of fused-ring (bicyclic) bond motifs is 3. The smallest absolute Gasteiger partial charge is 0.339 e. The van der Waals surface area contributed by atoms with Crippen LogP contribution in [-0.2, 0) is 22.4 Å². The molecule has 0 bridgehead atoms. The molecule has 41 heavy (non-hydrogen) atoms. The quantitative estimate of drug-likeness (QED) is 0.184. The second kappa shape index (κ2) is 10.3. The van der Waals surface area contributed by atoms with Crippen LogP contribution in [0.3, 0.4) is 0 Å². The minimum Gasteiger partial charge on any atom is -0.508 e. The number of carbonyl (C=O) groups is 2. The van der Waals surface area contributed by atoms with Crippen LogP contribution in [0.5, 0.6) is 5.75 Å². The van der Waals surface area contributed by atoms with Gasteiger partial charge < -0.3 is 29.3 Å². The minimum absolute atomic E-state index is 0.0200. The van der Waals surface area contributed by atoms with Crippen LogP contribution in [0.15, 0.2) is 86.8 Å². The third-order valence-electron chi connectivity index (χ3n) is 7.48. The summed E-state index contributed by atoms with van der Waals surface area (Å²) >= 11 is 0. The van der Waals surface area contributed by atoms with Crippen molar-refractivity contribution < 1.29 is 28.6 Å². The Balaban J connectivity index is 1.23. The van der Waals surface area contributed by atoms with Gasteiger partial charge in [-0.3, -0.25) is 4.79 Å². The Morgan fingerprint density at radius 2 is 1.80 bits per heavy atom. The Morgan fingerprint density at radius 1 is 1.00 bits per heavy atom. The predicted octanol–water partition coefficient (Wildman–Crippen LogP) is 5.45. The molecule has 0 aliphatic heterocycles. The average molecular weight is 551 g/mol. The Bertz CT molecular complexity index is 2000. The van der Waals surface area contributed by atoms with Crippen LogP contribution >= 0.6 is 0 Å². The van der Waals surface area contributed by atoms with Crippen molar-refractivity contribution in [3.05, 3.63) is 100 Å². The fourth-order valence-corrected chi connectivity index (χ4v) is 5.30. The lowest BCUT2D eigenvalue weighted by Crippen LogP contribution is -2.42. The number of hydrogen-bond acceptors (Lipinski definition) is 6. The van der Waals surface area contributed by atoms with Gasteiger partial charge in [0.25, 0.3) is 0 Å². The molecule has 0 saturated carbocycles. The van der Waals surface area contributed by atoms with Gasteiger partial charge >= 0.3 is 11.6 Å². The fraction of sp³-hybridized carbons (Fsp3) is 0.156. The molecule has 206 valence electrons. The van der Waals surface area contributed by atoms with E-state index in [-0.39, 0.29) is 25.0 Å². The molecule has 4 N–H and O–H groups in total. The number of aryl methyl sites for hydroxylation is 1. The number of carboxylic acids is 1. The van der Waals surface area contributed by atoms with Gasteiger partial charge in [0.05, 0.1) is 6.26 Å².